The molecule has 2 heterocycles. The molecule has 6 rings (SSSR count). The molecule has 0 radical (unpaired) electrons. The molecular formula is C25H18Cl2FN3O2S. The van der Waals surface area contributed by atoms with E-state index in [1.54, 1.807) is 24.3 Å². The van der Waals surface area contributed by atoms with Gasteiger partial charge >= 0.3 is 0 Å². The van der Waals surface area contributed by atoms with Gasteiger partial charge in [-0.25, -0.2) is 9.37 Å². The molecule has 2 aromatic heterocycles. The first-order chi connectivity index (χ1) is 16.5. The van der Waals surface area contributed by atoms with Crippen LogP contribution in [0.3, 0.4) is 0 Å². The van der Waals surface area contributed by atoms with Crippen LogP contribution in [0.5, 0.6) is 0 Å². The molecule has 2 saturated carbocycles. The Morgan fingerprint density at radius 1 is 1.18 bits per heavy atom. The molecule has 2 aliphatic rings. The fourth-order valence-electron chi connectivity index (χ4n) is 4.40. The summed E-state index contributed by atoms with van der Waals surface area (Å²) in [5.74, 6) is 0.993. The molecule has 0 amide bonds. The molecule has 0 unspecified atom stereocenters. The first-order valence-corrected chi connectivity index (χ1v) is 12.6. The van der Waals surface area contributed by atoms with E-state index in [1.807, 2.05) is 6.07 Å². The van der Waals surface area contributed by atoms with Crippen LogP contribution in [-0.2, 0) is 11.3 Å². The molecular weight excluding hydrogens is 496 g/mol. The van der Waals surface area contributed by atoms with Gasteiger partial charge in [0.2, 0.25) is 0 Å². The normalized spacial score (nSPS) is 19.8. The van der Waals surface area contributed by atoms with Crippen molar-refractivity contribution in [2.24, 2.45) is 0 Å². The lowest BCUT2D eigenvalue weighted by atomic mass is 9.83. The van der Waals surface area contributed by atoms with Crippen molar-refractivity contribution in [1.29, 1.82) is 5.26 Å². The van der Waals surface area contributed by atoms with E-state index in [9.17, 15) is 4.39 Å². The van der Waals surface area contributed by atoms with Crippen LogP contribution in [0.2, 0.25) is 10.0 Å². The summed E-state index contributed by atoms with van der Waals surface area (Å²) in [6, 6.07) is 10.3. The maximum atomic E-state index is 14.3. The molecule has 4 aromatic rings. The Labute approximate surface area is 209 Å². The average molecular weight is 514 g/mol. The van der Waals surface area contributed by atoms with Gasteiger partial charge < -0.3 is 9.26 Å². The Morgan fingerprint density at radius 3 is 2.65 bits per heavy atom. The van der Waals surface area contributed by atoms with Crippen LogP contribution in [0.4, 0.5) is 4.39 Å². The smallest absolute Gasteiger partial charge is 0.151 e. The fourth-order valence-corrected chi connectivity index (χ4v) is 6.12. The number of hydrogen-bond acceptors (Lipinski definition) is 6. The predicted octanol–water partition coefficient (Wildman–Crippen LogP) is 7.61. The maximum absolute atomic E-state index is 14.3. The van der Waals surface area contributed by atoms with Crippen molar-refractivity contribution in [3.63, 3.8) is 0 Å². The van der Waals surface area contributed by atoms with E-state index in [1.165, 1.54) is 17.4 Å². The van der Waals surface area contributed by atoms with Crippen molar-refractivity contribution >= 4 is 44.8 Å². The molecule has 0 N–H and O–H groups in total. The first kappa shape index (κ1) is 22.0. The van der Waals surface area contributed by atoms with E-state index in [4.69, 9.17) is 37.7 Å². The third-order valence-electron chi connectivity index (χ3n) is 6.47. The summed E-state index contributed by atoms with van der Waals surface area (Å²) in [4.78, 5) is 4.50. The van der Waals surface area contributed by atoms with E-state index in [-0.39, 0.29) is 12.0 Å². The van der Waals surface area contributed by atoms with Gasteiger partial charge in [0.05, 0.1) is 44.1 Å². The highest BCUT2D eigenvalue weighted by Gasteiger charge is 2.37. The standard InChI is InChI=1S/C25H18Cl2FN3O2S/c26-17-2-1-3-18(27)21(17)22-16(24(33-31-22)13-4-5-13)11-32-15-8-14(9-15)25-30-23-19(28)6-12(10-29)7-20(23)34-25/h1-3,6-7,13-15H,4-5,8-9,11H2. The summed E-state index contributed by atoms with van der Waals surface area (Å²) in [6.07, 6.45) is 3.82. The third kappa shape index (κ3) is 3.89. The number of fused-ring (bicyclic) bond motifs is 1. The van der Waals surface area contributed by atoms with Crippen LogP contribution in [-0.4, -0.2) is 16.2 Å². The molecule has 0 spiro atoms. The topological polar surface area (TPSA) is 71.9 Å². The van der Waals surface area contributed by atoms with Gasteiger partial charge in [0.1, 0.15) is 17.0 Å². The van der Waals surface area contributed by atoms with Gasteiger partial charge in [0, 0.05) is 23.0 Å². The summed E-state index contributed by atoms with van der Waals surface area (Å²) < 4.78 is 26.9. The van der Waals surface area contributed by atoms with Crippen LogP contribution < -0.4 is 0 Å². The van der Waals surface area contributed by atoms with Gasteiger partial charge in [-0.3, -0.25) is 0 Å². The van der Waals surface area contributed by atoms with Gasteiger partial charge in [-0.2, -0.15) is 5.26 Å². The molecule has 34 heavy (non-hydrogen) atoms. The number of benzene rings is 2. The summed E-state index contributed by atoms with van der Waals surface area (Å²) in [6.45, 7) is 0.365. The zero-order chi connectivity index (χ0) is 23.4. The number of ether oxygens (including phenoxy) is 1. The summed E-state index contributed by atoms with van der Waals surface area (Å²) in [7, 11) is 0. The van der Waals surface area contributed by atoms with Gasteiger partial charge in [-0.05, 0) is 49.9 Å². The molecule has 2 aliphatic carbocycles. The van der Waals surface area contributed by atoms with Crippen LogP contribution in [0.15, 0.2) is 34.9 Å². The molecule has 9 heteroatoms. The maximum Gasteiger partial charge on any atom is 0.151 e. The van der Waals surface area contributed by atoms with Crippen LogP contribution in [0.25, 0.3) is 21.5 Å². The molecule has 0 bridgehead atoms. The fraction of sp³-hybridized carbons (Fsp3) is 0.320. The van der Waals surface area contributed by atoms with Gasteiger partial charge in [0.15, 0.2) is 5.82 Å². The molecule has 0 saturated heterocycles. The van der Waals surface area contributed by atoms with Crippen molar-refractivity contribution in [3.05, 3.63) is 68.1 Å². The molecule has 0 aliphatic heterocycles. The lowest BCUT2D eigenvalue weighted by molar-refractivity contribution is -0.0210. The van der Waals surface area contributed by atoms with Gasteiger partial charge in [-0.1, -0.05) is 34.4 Å². The van der Waals surface area contributed by atoms with E-state index in [2.05, 4.69) is 10.1 Å². The highest BCUT2D eigenvalue weighted by molar-refractivity contribution is 7.18. The number of halogens is 3. The lowest BCUT2D eigenvalue weighted by Crippen LogP contribution is -2.29. The average Bonchev–Trinajstić information content (AvgIpc) is 3.41. The Kier molecular flexibility index (Phi) is 5.57. The highest BCUT2D eigenvalue weighted by atomic mass is 35.5. The molecule has 172 valence electrons. The first-order valence-electron chi connectivity index (χ1n) is 11.1. The van der Waals surface area contributed by atoms with Crippen molar-refractivity contribution in [2.75, 3.05) is 0 Å². The quantitative estimate of drug-likeness (QED) is 0.265. The summed E-state index contributed by atoms with van der Waals surface area (Å²) in [5.41, 5.74) is 2.86. The third-order valence-corrected chi connectivity index (χ3v) is 8.26. The van der Waals surface area contributed by atoms with Crippen LogP contribution in [0, 0.1) is 17.1 Å². The van der Waals surface area contributed by atoms with E-state index < -0.39 is 5.82 Å². The monoisotopic (exact) mass is 513 g/mol. The Hall–Kier alpha value is -2.50. The second-order valence-electron chi connectivity index (χ2n) is 8.81. The van der Waals surface area contributed by atoms with Crippen molar-refractivity contribution in [2.45, 2.75) is 50.2 Å². The number of aromatic nitrogens is 2. The minimum Gasteiger partial charge on any atom is -0.373 e. The van der Waals surface area contributed by atoms with Crippen molar-refractivity contribution in [3.8, 4) is 17.3 Å². The second kappa shape index (κ2) is 8.62. The number of nitrogens with zero attached hydrogens (tertiary/aromatic N) is 3. The zero-order valence-corrected chi connectivity index (χ0v) is 20.2. The lowest BCUT2D eigenvalue weighted by Gasteiger charge is -2.33. The van der Waals surface area contributed by atoms with E-state index >= 15 is 0 Å². The highest BCUT2D eigenvalue weighted by Crippen LogP contribution is 2.47. The van der Waals surface area contributed by atoms with Gasteiger partial charge in [-0.15, -0.1) is 11.3 Å². The Bertz CT molecular complexity index is 1430. The van der Waals surface area contributed by atoms with Crippen molar-refractivity contribution in [1.82, 2.24) is 10.1 Å². The minimum atomic E-state index is -0.450. The number of rotatable bonds is 6. The molecule has 2 aromatic carbocycles. The Morgan fingerprint density at radius 2 is 1.94 bits per heavy atom. The van der Waals surface area contributed by atoms with Crippen LogP contribution in [0.1, 0.15) is 59.4 Å². The molecule has 2 fully saturated rings. The Balaban J connectivity index is 1.18. The summed E-state index contributed by atoms with van der Waals surface area (Å²) in [5, 5.41) is 15.3. The molecule has 0 atom stereocenters. The SMILES string of the molecule is N#Cc1cc(F)c2nc(C3CC(OCc4c(-c5c(Cl)cccc5Cl)noc4C4CC4)C3)sc2c1. The zero-order valence-electron chi connectivity index (χ0n) is 17.9. The van der Waals surface area contributed by atoms with Crippen molar-refractivity contribution < 1.29 is 13.7 Å². The minimum absolute atomic E-state index is 0.0630. The number of thiazole rings is 1. The van der Waals surface area contributed by atoms with E-state index in [0.717, 1.165) is 42.0 Å². The predicted molar refractivity (Wildman–Crippen MR) is 129 cm³/mol. The largest absolute Gasteiger partial charge is 0.373 e. The second-order valence-corrected chi connectivity index (χ2v) is 10.7. The van der Waals surface area contributed by atoms with Crippen LogP contribution >= 0.6 is 34.5 Å². The summed E-state index contributed by atoms with van der Waals surface area (Å²) >= 11 is 14.3. The van der Waals surface area contributed by atoms with Gasteiger partial charge in [0.25, 0.3) is 0 Å². The number of nitriles is 1. The molecule has 5 nitrogen and oxygen atoms in total. The number of hydrogen-bond donors (Lipinski definition) is 0. The van der Waals surface area contributed by atoms with E-state index in [0.29, 0.717) is 49.6 Å².